The molecule has 0 aliphatic carbocycles. The fourth-order valence-corrected chi connectivity index (χ4v) is 5.70. The van der Waals surface area contributed by atoms with E-state index in [-0.39, 0.29) is 11.1 Å². The summed E-state index contributed by atoms with van der Waals surface area (Å²) in [6.45, 7) is 7.31. The van der Waals surface area contributed by atoms with Crippen LogP contribution in [0.4, 0.5) is 11.8 Å². The third-order valence-corrected chi connectivity index (χ3v) is 7.82. The van der Waals surface area contributed by atoms with Gasteiger partial charge in [-0.05, 0) is 62.7 Å². The topological polar surface area (TPSA) is 116 Å². The molecule has 0 unspecified atom stereocenters. The van der Waals surface area contributed by atoms with E-state index in [1.807, 2.05) is 6.20 Å². The maximum absolute atomic E-state index is 6.45. The Morgan fingerprint density at radius 3 is 2.70 bits per heavy atom. The lowest BCUT2D eigenvalue weighted by atomic mass is 9.89. The van der Waals surface area contributed by atoms with E-state index >= 15 is 0 Å². The monoisotopic (exact) mass is 528 g/mol. The predicted octanol–water partition coefficient (Wildman–Crippen LogP) is 4.08. The molecule has 200 valence electrons. The quantitative estimate of drug-likeness (QED) is 0.396. The van der Waals surface area contributed by atoms with Crippen LogP contribution < -0.4 is 15.8 Å². The van der Waals surface area contributed by atoms with Gasteiger partial charge in [0.2, 0.25) is 5.95 Å². The van der Waals surface area contributed by atoms with Crippen LogP contribution >= 0.6 is 11.6 Å². The van der Waals surface area contributed by atoms with E-state index in [0.29, 0.717) is 35.4 Å². The number of piperidine rings is 1. The smallest absolute Gasteiger partial charge is 0.222 e. The Morgan fingerprint density at radius 2 is 1.97 bits per heavy atom. The van der Waals surface area contributed by atoms with Crippen LogP contribution in [0.2, 0.25) is 5.15 Å². The summed E-state index contributed by atoms with van der Waals surface area (Å²) in [6.07, 6.45) is 8.63. The average molecular weight is 529 g/mol. The number of nitrogens with one attached hydrogen (secondary N) is 1. The summed E-state index contributed by atoms with van der Waals surface area (Å²) in [4.78, 5) is 16.2. The molecule has 11 heteroatoms. The van der Waals surface area contributed by atoms with Crippen molar-refractivity contribution in [1.29, 1.82) is 0 Å². The Morgan fingerprint density at radius 1 is 1.19 bits per heavy atom. The number of ether oxygens (including phenoxy) is 2. The molecule has 2 aliphatic heterocycles. The van der Waals surface area contributed by atoms with Crippen LogP contribution in [0.3, 0.4) is 0 Å². The van der Waals surface area contributed by atoms with E-state index in [1.165, 1.54) is 5.56 Å². The van der Waals surface area contributed by atoms with Crippen LogP contribution in [0.15, 0.2) is 12.3 Å². The molecule has 2 aliphatic rings. The number of nitrogen functional groups attached to an aromatic ring is 1. The van der Waals surface area contributed by atoms with E-state index in [1.54, 1.807) is 11.8 Å². The third-order valence-electron chi connectivity index (χ3n) is 7.57. The van der Waals surface area contributed by atoms with Gasteiger partial charge in [0, 0.05) is 32.0 Å². The lowest BCUT2D eigenvalue weighted by molar-refractivity contribution is 0.0251. The number of aromatic nitrogens is 5. The molecule has 0 bridgehead atoms. The van der Waals surface area contributed by atoms with Crippen molar-refractivity contribution in [2.24, 2.45) is 0 Å². The molecule has 0 atom stereocenters. The van der Waals surface area contributed by atoms with Crippen LogP contribution in [0.1, 0.15) is 62.6 Å². The summed E-state index contributed by atoms with van der Waals surface area (Å²) in [5, 5.41) is 8.18. The Kier molecular flexibility index (Phi) is 8.26. The summed E-state index contributed by atoms with van der Waals surface area (Å²) < 4.78 is 13.1. The second kappa shape index (κ2) is 11.8. The van der Waals surface area contributed by atoms with Crippen molar-refractivity contribution < 1.29 is 9.47 Å². The fourth-order valence-electron chi connectivity index (χ4n) is 5.48. The van der Waals surface area contributed by atoms with Crippen molar-refractivity contribution in [2.45, 2.75) is 64.0 Å². The standard InChI is InChI=1S/C26H37ClN8O2/c1-3-4-9-29-25-23-22(31-26(28)32-25)24(27)33-35(23)16-20-21(36-2)14-18(15-30-20)17-5-10-34(11-6-17)19-7-12-37-13-8-19/h14-15,17,19H,3-13,16H2,1-2H3,(H3,28,29,31,32). The first kappa shape index (κ1) is 25.9. The summed E-state index contributed by atoms with van der Waals surface area (Å²) in [6, 6.07) is 2.81. The molecule has 10 nitrogen and oxygen atoms in total. The van der Waals surface area contributed by atoms with Gasteiger partial charge in [-0.2, -0.15) is 10.1 Å². The van der Waals surface area contributed by atoms with Crippen molar-refractivity contribution in [3.05, 3.63) is 28.7 Å². The minimum atomic E-state index is 0.163. The minimum Gasteiger partial charge on any atom is -0.495 e. The zero-order valence-corrected chi connectivity index (χ0v) is 22.5. The van der Waals surface area contributed by atoms with E-state index < -0.39 is 0 Å². The number of unbranched alkanes of at least 4 members (excludes halogenated alkanes) is 1. The molecule has 0 amide bonds. The molecule has 37 heavy (non-hydrogen) atoms. The van der Waals surface area contributed by atoms with Gasteiger partial charge in [0.1, 0.15) is 22.5 Å². The van der Waals surface area contributed by atoms with E-state index in [0.717, 1.165) is 82.8 Å². The van der Waals surface area contributed by atoms with Crippen LogP contribution in [0, 0.1) is 0 Å². The normalized spacial score (nSPS) is 17.9. The van der Waals surface area contributed by atoms with Gasteiger partial charge in [-0.1, -0.05) is 24.9 Å². The molecule has 0 saturated carbocycles. The number of methoxy groups -OCH3 is 1. The number of halogens is 1. The number of anilines is 2. The highest BCUT2D eigenvalue weighted by atomic mass is 35.5. The van der Waals surface area contributed by atoms with Gasteiger partial charge in [-0.3, -0.25) is 9.67 Å². The van der Waals surface area contributed by atoms with Crippen molar-refractivity contribution in [1.82, 2.24) is 29.6 Å². The maximum Gasteiger partial charge on any atom is 0.222 e. The van der Waals surface area contributed by atoms with Crippen LogP contribution in [0.25, 0.3) is 11.0 Å². The minimum absolute atomic E-state index is 0.163. The Labute approximate surface area is 222 Å². The van der Waals surface area contributed by atoms with E-state index in [2.05, 4.69) is 38.3 Å². The summed E-state index contributed by atoms with van der Waals surface area (Å²) in [5.74, 6) is 2.02. The zero-order chi connectivity index (χ0) is 25.8. The van der Waals surface area contributed by atoms with Crippen molar-refractivity contribution in [3.63, 3.8) is 0 Å². The largest absolute Gasteiger partial charge is 0.495 e. The Bertz CT molecular complexity index is 1200. The number of hydrogen-bond donors (Lipinski definition) is 2. The highest BCUT2D eigenvalue weighted by Gasteiger charge is 2.28. The third kappa shape index (κ3) is 5.76. The number of pyridine rings is 1. The number of hydrogen-bond acceptors (Lipinski definition) is 9. The van der Waals surface area contributed by atoms with Gasteiger partial charge in [-0.15, -0.1) is 0 Å². The maximum atomic E-state index is 6.45. The van der Waals surface area contributed by atoms with Gasteiger partial charge in [0.15, 0.2) is 11.0 Å². The van der Waals surface area contributed by atoms with Crippen LogP contribution in [-0.4, -0.2) is 75.6 Å². The fraction of sp³-hybridized carbons (Fsp3) is 0.615. The zero-order valence-electron chi connectivity index (χ0n) is 21.7. The molecule has 3 N–H and O–H groups in total. The number of nitrogens with zero attached hydrogens (tertiary/aromatic N) is 6. The van der Waals surface area contributed by atoms with Gasteiger partial charge >= 0.3 is 0 Å². The molecule has 2 fully saturated rings. The van der Waals surface area contributed by atoms with Gasteiger partial charge in [0.25, 0.3) is 0 Å². The van der Waals surface area contributed by atoms with Crippen molar-refractivity contribution >= 4 is 34.4 Å². The SMILES string of the molecule is CCCCNc1nc(N)nc2c(Cl)nn(Cc3ncc(C4CCN(C5CCOCC5)CC4)cc3OC)c12. The van der Waals surface area contributed by atoms with Crippen LogP contribution in [-0.2, 0) is 11.3 Å². The second-order valence-electron chi connectivity index (χ2n) is 9.93. The molecular weight excluding hydrogens is 492 g/mol. The van der Waals surface area contributed by atoms with E-state index in [4.69, 9.17) is 31.8 Å². The highest BCUT2D eigenvalue weighted by molar-refractivity contribution is 6.34. The Hall–Kier alpha value is -2.69. The lowest BCUT2D eigenvalue weighted by Crippen LogP contribution is -2.43. The average Bonchev–Trinajstić information content (AvgIpc) is 3.24. The molecule has 2 saturated heterocycles. The van der Waals surface area contributed by atoms with E-state index in [9.17, 15) is 0 Å². The number of fused-ring (bicyclic) bond motifs is 1. The van der Waals surface area contributed by atoms with Crippen molar-refractivity contribution in [3.8, 4) is 5.75 Å². The lowest BCUT2D eigenvalue weighted by Gasteiger charge is -2.39. The first-order valence-corrected chi connectivity index (χ1v) is 13.7. The first-order chi connectivity index (χ1) is 18.1. The molecule has 3 aromatic heterocycles. The van der Waals surface area contributed by atoms with Crippen molar-refractivity contribution in [2.75, 3.05) is 51.0 Å². The number of rotatable bonds is 9. The molecule has 0 spiro atoms. The Balaban J connectivity index is 1.34. The van der Waals surface area contributed by atoms with Crippen LogP contribution in [0.5, 0.6) is 5.75 Å². The molecular formula is C26H37ClN8O2. The van der Waals surface area contributed by atoms with Gasteiger partial charge in [-0.25, -0.2) is 4.98 Å². The molecule has 0 aromatic carbocycles. The molecule has 5 heterocycles. The number of nitrogens with two attached hydrogens (primary N) is 1. The second-order valence-corrected chi connectivity index (χ2v) is 10.3. The molecule has 0 radical (unpaired) electrons. The first-order valence-electron chi connectivity index (χ1n) is 13.3. The van der Waals surface area contributed by atoms with Gasteiger partial charge in [0.05, 0.1) is 13.7 Å². The molecule has 3 aromatic rings. The molecule has 5 rings (SSSR count). The summed E-state index contributed by atoms with van der Waals surface area (Å²) in [7, 11) is 1.69. The summed E-state index contributed by atoms with van der Waals surface area (Å²) in [5.41, 5.74) is 9.20. The predicted molar refractivity (Wildman–Crippen MR) is 145 cm³/mol. The highest BCUT2D eigenvalue weighted by Crippen LogP contribution is 2.34. The summed E-state index contributed by atoms with van der Waals surface area (Å²) >= 11 is 6.45. The number of likely N-dealkylation sites (tertiary alicyclic amines) is 1. The van der Waals surface area contributed by atoms with Gasteiger partial charge < -0.3 is 25.4 Å².